The van der Waals surface area contributed by atoms with Crippen LogP contribution in [0.25, 0.3) is 0 Å². The molecule has 0 radical (unpaired) electrons. The number of aromatic hydroxyl groups is 1. The van der Waals surface area contributed by atoms with Gasteiger partial charge in [0.1, 0.15) is 5.56 Å². The molecule has 2 aromatic heterocycles. The van der Waals surface area contributed by atoms with Crippen LogP contribution in [0.4, 0.5) is 0 Å². The third-order valence-corrected chi connectivity index (χ3v) is 2.77. The molecule has 2 N–H and O–H groups in total. The van der Waals surface area contributed by atoms with Crippen molar-refractivity contribution in [3.63, 3.8) is 0 Å². The molecular weight excluding hydrogens is 280 g/mol. The van der Waals surface area contributed by atoms with E-state index in [-0.39, 0.29) is 11.3 Å². The number of nitrogens with zero attached hydrogens (tertiary/aromatic N) is 3. The monoisotopic (exact) mass is 292 g/mol. The van der Waals surface area contributed by atoms with Gasteiger partial charge >= 0.3 is 11.6 Å². The lowest BCUT2D eigenvalue weighted by Gasteiger charge is -2.06. The Hall–Kier alpha value is -3.10. The molecule has 0 aromatic carbocycles. The summed E-state index contributed by atoms with van der Waals surface area (Å²) in [5.41, 5.74) is 0.507. The van der Waals surface area contributed by atoms with Crippen molar-refractivity contribution in [3.05, 3.63) is 50.6 Å². The van der Waals surface area contributed by atoms with E-state index in [0.29, 0.717) is 0 Å². The lowest BCUT2D eigenvalue weighted by molar-refractivity contribution is 0.0927. The molecule has 0 atom stereocenters. The number of carbonyl (C=O) groups is 1. The van der Waals surface area contributed by atoms with Crippen molar-refractivity contribution in [2.75, 3.05) is 0 Å². The van der Waals surface area contributed by atoms with Gasteiger partial charge in [0, 0.05) is 14.1 Å². The van der Waals surface area contributed by atoms with E-state index in [2.05, 4.69) is 10.5 Å². The van der Waals surface area contributed by atoms with Gasteiger partial charge in [0.25, 0.3) is 5.56 Å². The Balaban J connectivity index is 2.28. The Morgan fingerprint density at radius 2 is 2.10 bits per heavy atom. The summed E-state index contributed by atoms with van der Waals surface area (Å²) < 4.78 is 6.55. The van der Waals surface area contributed by atoms with E-state index in [1.54, 1.807) is 0 Å². The zero-order valence-corrected chi connectivity index (χ0v) is 11.2. The number of hydrogen-bond acceptors (Lipinski definition) is 6. The van der Waals surface area contributed by atoms with Crippen molar-refractivity contribution < 1.29 is 14.3 Å². The van der Waals surface area contributed by atoms with Crippen LogP contribution in [0.15, 0.2) is 37.5 Å². The summed E-state index contributed by atoms with van der Waals surface area (Å²) in [7, 11) is 2.57. The number of carbonyl (C=O) groups excluding carboxylic acids is 1. The molecule has 0 fully saturated rings. The first-order valence-corrected chi connectivity index (χ1v) is 5.79. The number of rotatable bonds is 3. The molecule has 0 aliphatic rings. The first-order chi connectivity index (χ1) is 9.93. The van der Waals surface area contributed by atoms with E-state index in [4.69, 9.17) is 4.42 Å². The quantitative estimate of drug-likeness (QED) is 0.564. The van der Waals surface area contributed by atoms with Crippen molar-refractivity contribution in [1.29, 1.82) is 0 Å². The highest BCUT2D eigenvalue weighted by Gasteiger charge is 2.13. The molecule has 21 heavy (non-hydrogen) atoms. The summed E-state index contributed by atoms with van der Waals surface area (Å²) in [5, 5.41) is 13.3. The fourth-order valence-corrected chi connectivity index (χ4v) is 1.59. The fourth-order valence-electron chi connectivity index (χ4n) is 1.59. The Labute approximate surface area is 117 Å². The molecule has 0 saturated carbocycles. The van der Waals surface area contributed by atoms with Crippen LogP contribution in [0.1, 0.15) is 16.1 Å². The van der Waals surface area contributed by atoms with Crippen molar-refractivity contribution >= 4 is 12.1 Å². The number of hydrazone groups is 1. The number of hydrogen-bond donors (Lipinski definition) is 2. The topological polar surface area (TPSA) is 119 Å². The second-order valence-corrected chi connectivity index (χ2v) is 4.12. The van der Waals surface area contributed by atoms with Gasteiger partial charge in [0.05, 0.1) is 12.5 Å². The molecular formula is C12H12N4O5. The van der Waals surface area contributed by atoms with Crippen molar-refractivity contribution in [1.82, 2.24) is 14.6 Å². The molecule has 2 heterocycles. The second-order valence-electron chi connectivity index (χ2n) is 4.12. The van der Waals surface area contributed by atoms with E-state index in [0.717, 1.165) is 15.3 Å². The van der Waals surface area contributed by atoms with Gasteiger partial charge in [-0.3, -0.25) is 18.7 Å². The first kappa shape index (κ1) is 14.3. The van der Waals surface area contributed by atoms with Crippen LogP contribution in [0, 0.1) is 0 Å². The molecule has 110 valence electrons. The van der Waals surface area contributed by atoms with Gasteiger partial charge < -0.3 is 9.52 Å². The first-order valence-electron chi connectivity index (χ1n) is 5.79. The van der Waals surface area contributed by atoms with Gasteiger partial charge in [-0.2, -0.15) is 5.10 Å². The summed E-state index contributed by atoms with van der Waals surface area (Å²) in [5.74, 6) is -1.11. The number of aromatic nitrogens is 2. The maximum atomic E-state index is 11.8. The second kappa shape index (κ2) is 5.49. The van der Waals surface area contributed by atoms with Crippen molar-refractivity contribution in [2.24, 2.45) is 19.2 Å². The maximum Gasteiger partial charge on any atom is 0.333 e. The fraction of sp³-hybridized carbons (Fsp3) is 0.167. The smallest absolute Gasteiger partial charge is 0.333 e. The SMILES string of the molecule is Cn1c(O)c(C=NNC(=O)c2ccco2)c(=O)n(C)c1=O. The van der Waals surface area contributed by atoms with Crippen LogP contribution >= 0.6 is 0 Å². The van der Waals surface area contributed by atoms with E-state index in [1.807, 2.05) is 0 Å². The number of nitrogens with one attached hydrogen (secondary N) is 1. The number of amides is 1. The van der Waals surface area contributed by atoms with Crippen LogP contribution in [0.2, 0.25) is 0 Å². The summed E-state index contributed by atoms with van der Waals surface area (Å²) in [4.78, 5) is 34.9. The van der Waals surface area contributed by atoms with Gasteiger partial charge in [0.15, 0.2) is 5.76 Å². The highest BCUT2D eigenvalue weighted by molar-refractivity contribution is 5.92. The maximum absolute atomic E-state index is 11.8. The van der Waals surface area contributed by atoms with Crippen molar-refractivity contribution in [3.8, 4) is 5.88 Å². The van der Waals surface area contributed by atoms with E-state index in [1.165, 1.54) is 32.5 Å². The highest BCUT2D eigenvalue weighted by atomic mass is 16.3. The Bertz CT molecular complexity index is 813. The average Bonchev–Trinajstić information content (AvgIpc) is 3.01. The van der Waals surface area contributed by atoms with Gasteiger partial charge in [-0.05, 0) is 12.1 Å². The molecule has 0 spiro atoms. The highest BCUT2D eigenvalue weighted by Crippen LogP contribution is 2.05. The summed E-state index contributed by atoms with van der Waals surface area (Å²) in [6.45, 7) is 0. The van der Waals surface area contributed by atoms with Gasteiger partial charge in [-0.25, -0.2) is 10.2 Å². The van der Waals surface area contributed by atoms with E-state index >= 15 is 0 Å². The summed E-state index contributed by atoms with van der Waals surface area (Å²) in [6, 6.07) is 2.97. The van der Waals surface area contributed by atoms with Gasteiger partial charge in [-0.1, -0.05) is 0 Å². The zero-order valence-electron chi connectivity index (χ0n) is 11.2. The molecule has 0 aliphatic heterocycles. The average molecular weight is 292 g/mol. The Kier molecular flexibility index (Phi) is 3.74. The van der Waals surface area contributed by atoms with Gasteiger partial charge in [0.2, 0.25) is 5.88 Å². The van der Waals surface area contributed by atoms with Gasteiger partial charge in [-0.15, -0.1) is 0 Å². The molecule has 0 unspecified atom stereocenters. The van der Waals surface area contributed by atoms with Crippen LogP contribution in [-0.4, -0.2) is 26.4 Å². The van der Waals surface area contributed by atoms with Crippen molar-refractivity contribution in [2.45, 2.75) is 0 Å². The molecule has 2 rings (SSSR count). The third-order valence-electron chi connectivity index (χ3n) is 2.77. The largest absolute Gasteiger partial charge is 0.494 e. The molecule has 1 amide bonds. The minimum atomic E-state index is -0.730. The molecule has 2 aromatic rings. The Morgan fingerprint density at radius 1 is 1.38 bits per heavy atom. The minimum Gasteiger partial charge on any atom is -0.494 e. The normalized spacial score (nSPS) is 11.0. The van der Waals surface area contributed by atoms with Crippen LogP contribution in [0.3, 0.4) is 0 Å². The summed E-state index contributed by atoms with van der Waals surface area (Å²) in [6.07, 6.45) is 2.28. The molecule has 9 nitrogen and oxygen atoms in total. The molecule has 0 aliphatic carbocycles. The molecule has 0 bridgehead atoms. The minimum absolute atomic E-state index is 0.0461. The predicted octanol–water partition coefficient (Wildman–Crippen LogP) is -0.854. The predicted molar refractivity (Wildman–Crippen MR) is 72.4 cm³/mol. The third kappa shape index (κ3) is 2.61. The summed E-state index contributed by atoms with van der Waals surface area (Å²) >= 11 is 0. The lowest BCUT2D eigenvalue weighted by atomic mass is 10.3. The number of furan rings is 1. The van der Waals surface area contributed by atoms with Crippen LogP contribution in [-0.2, 0) is 14.1 Å². The zero-order chi connectivity index (χ0) is 15.6. The molecule has 9 heteroatoms. The molecule has 0 saturated heterocycles. The van der Waals surface area contributed by atoms with E-state index in [9.17, 15) is 19.5 Å². The van der Waals surface area contributed by atoms with E-state index < -0.39 is 23.0 Å². The Morgan fingerprint density at radius 3 is 2.71 bits per heavy atom. The lowest BCUT2D eigenvalue weighted by Crippen LogP contribution is -2.38. The van der Waals surface area contributed by atoms with Crippen LogP contribution in [0.5, 0.6) is 5.88 Å². The van der Waals surface area contributed by atoms with Crippen LogP contribution < -0.4 is 16.7 Å². The standard InChI is InChI=1S/C12H12N4O5/c1-15-10(18)7(11(19)16(2)12(15)20)6-13-14-9(17)8-4-3-5-21-8/h3-6,18H,1-2H3,(H,14,17).